The number of hydrogen-bond donors (Lipinski definition) is 3. The van der Waals surface area contributed by atoms with Gasteiger partial charge >= 0.3 is 5.97 Å². The molecule has 0 amide bonds. The van der Waals surface area contributed by atoms with Gasteiger partial charge in [0.2, 0.25) is 0 Å². The van der Waals surface area contributed by atoms with Crippen molar-refractivity contribution in [1.82, 2.24) is 0 Å². The molecule has 0 bridgehead atoms. The summed E-state index contributed by atoms with van der Waals surface area (Å²) < 4.78 is 0. The lowest BCUT2D eigenvalue weighted by Gasteiger charge is -2.09. The third kappa shape index (κ3) is 2.50. The van der Waals surface area contributed by atoms with E-state index in [1.165, 1.54) is 25.1 Å². The van der Waals surface area contributed by atoms with Gasteiger partial charge in [-0.1, -0.05) is 13.0 Å². The van der Waals surface area contributed by atoms with Crippen LogP contribution in [0.2, 0.25) is 0 Å². The molecule has 0 aromatic heterocycles. The normalized spacial score (nSPS) is 12.1. The van der Waals surface area contributed by atoms with E-state index >= 15 is 0 Å². The molecule has 0 spiro atoms. The number of para-hydroxylation sites is 1. The molecule has 0 unspecified atom stereocenters. The van der Waals surface area contributed by atoms with Crippen LogP contribution in [-0.4, -0.2) is 27.1 Å². The van der Waals surface area contributed by atoms with Gasteiger partial charge < -0.3 is 15.3 Å². The Morgan fingerprint density at radius 1 is 1.31 bits per heavy atom. The van der Waals surface area contributed by atoms with Crippen molar-refractivity contribution in [2.75, 3.05) is 0 Å². The van der Waals surface area contributed by atoms with Gasteiger partial charge in [0.1, 0.15) is 0 Å². The molecule has 1 aromatic rings. The van der Waals surface area contributed by atoms with E-state index in [0.717, 1.165) is 0 Å². The van der Waals surface area contributed by atoms with E-state index in [1.54, 1.807) is 0 Å². The Morgan fingerprint density at radius 2 is 1.94 bits per heavy atom. The number of carboxylic acid groups (broad SMARTS) is 1. The Morgan fingerprint density at radius 3 is 2.50 bits per heavy atom. The van der Waals surface area contributed by atoms with Crippen molar-refractivity contribution in [1.29, 1.82) is 0 Å². The molecule has 0 aliphatic heterocycles. The van der Waals surface area contributed by atoms with Gasteiger partial charge in [-0.2, -0.15) is 0 Å². The fourth-order valence-electron chi connectivity index (χ4n) is 1.35. The van der Waals surface area contributed by atoms with Crippen LogP contribution in [0.5, 0.6) is 11.5 Å². The smallest absolute Gasteiger partial charge is 0.304 e. The van der Waals surface area contributed by atoms with E-state index in [-0.39, 0.29) is 12.0 Å². The SMILES string of the molecule is C[C@H](CC(=O)O)C(=O)c1cccc(O)c1O. The molecule has 0 radical (unpaired) electrons. The summed E-state index contributed by atoms with van der Waals surface area (Å²) in [5.41, 5.74) is -0.0613. The van der Waals surface area contributed by atoms with Crippen molar-refractivity contribution >= 4 is 11.8 Å². The average molecular weight is 224 g/mol. The zero-order chi connectivity index (χ0) is 12.3. The quantitative estimate of drug-likeness (QED) is 0.530. The van der Waals surface area contributed by atoms with Gasteiger partial charge in [0.25, 0.3) is 0 Å². The zero-order valence-electron chi connectivity index (χ0n) is 8.67. The molecule has 0 aliphatic rings. The second-order valence-electron chi connectivity index (χ2n) is 3.54. The Bertz CT molecular complexity index is 424. The Balaban J connectivity index is 2.96. The molecule has 1 rings (SSSR count). The van der Waals surface area contributed by atoms with Crippen molar-refractivity contribution in [3.63, 3.8) is 0 Å². The molecule has 3 N–H and O–H groups in total. The molecule has 0 heterocycles. The van der Waals surface area contributed by atoms with Crippen molar-refractivity contribution in [3.8, 4) is 11.5 Å². The van der Waals surface area contributed by atoms with E-state index in [1.807, 2.05) is 0 Å². The molecule has 0 fully saturated rings. The highest BCUT2D eigenvalue weighted by Gasteiger charge is 2.21. The number of rotatable bonds is 4. The molecular weight excluding hydrogens is 212 g/mol. The first kappa shape index (κ1) is 12.0. The highest BCUT2D eigenvalue weighted by atomic mass is 16.4. The van der Waals surface area contributed by atoms with Crippen molar-refractivity contribution in [3.05, 3.63) is 23.8 Å². The average Bonchev–Trinajstić information content (AvgIpc) is 2.20. The Kier molecular flexibility index (Phi) is 3.50. The van der Waals surface area contributed by atoms with E-state index in [2.05, 4.69) is 0 Å². The number of carbonyl (C=O) groups excluding carboxylic acids is 1. The van der Waals surface area contributed by atoms with Gasteiger partial charge in [0.15, 0.2) is 17.3 Å². The Hall–Kier alpha value is -2.04. The number of carboxylic acids is 1. The molecule has 1 atom stereocenters. The third-order valence-electron chi connectivity index (χ3n) is 2.21. The predicted molar refractivity (Wildman–Crippen MR) is 55.5 cm³/mol. The maximum absolute atomic E-state index is 11.7. The summed E-state index contributed by atoms with van der Waals surface area (Å²) in [6.45, 7) is 1.46. The standard InChI is InChI=1S/C11H12O5/c1-6(5-9(13)14)10(15)7-3-2-4-8(12)11(7)16/h2-4,6,12,16H,5H2,1H3,(H,13,14)/t6-/m1/s1. The monoisotopic (exact) mass is 224 g/mol. The lowest BCUT2D eigenvalue weighted by Crippen LogP contribution is -2.15. The van der Waals surface area contributed by atoms with Crippen LogP contribution in [0, 0.1) is 5.92 Å². The van der Waals surface area contributed by atoms with Gasteiger partial charge in [-0.25, -0.2) is 0 Å². The number of hydrogen-bond acceptors (Lipinski definition) is 4. The van der Waals surface area contributed by atoms with Crippen LogP contribution in [0.25, 0.3) is 0 Å². The fraction of sp³-hybridized carbons (Fsp3) is 0.273. The summed E-state index contributed by atoms with van der Waals surface area (Å²) in [6, 6.07) is 4.00. The second-order valence-corrected chi connectivity index (χ2v) is 3.54. The maximum Gasteiger partial charge on any atom is 0.304 e. The van der Waals surface area contributed by atoms with E-state index < -0.39 is 29.2 Å². The molecular formula is C11H12O5. The number of aromatic hydroxyl groups is 2. The van der Waals surface area contributed by atoms with Gasteiger partial charge in [-0.3, -0.25) is 9.59 Å². The van der Waals surface area contributed by atoms with E-state index in [9.17, 15) is 19.8 Å². The van der Waals surface area contributed by atoms with Crippen molar-refractivity contribution in [2.24, 2.45) is 5.92 Å². The number of carbonyl (C=O) groups is 2. The first-order valence-corrected chi connectivity index (χ1v) is 4.70. The minimum absolute atomic E-state index is 0.0613. The first-order valence-electron chi connectivity index (χ1n) is 4.70. The zero-order valence-corrected chi connectivity index (χ0v) is 8.67. The number of phenols is 2. The van der Waals surface area contributed by atoms with Crippen LogP contribution in [0.3, 0.4) is 0 Å². The lowest BCUT2D eigenvalue weighted by atomic mass is 9.95. The first-order chi connectivity index (χ1) is 7.43. The van der Waals surface area contributed by atoms with Crippen LogP contribution in [0.4, 0.5) is 0 Å². The van der Waals surface area contributed by atoms with Crippen LogP contribution in [0.15, 0.2) is 18.2 Å². The summed E-state index contributed by atoms with van der Waals surface area (Å²) in [5, 5.41) is 27.2. The topological polar surface area (TPSA) is 94.8 Å². The molecule has 0 saturated carbocycles. The molecule has 86 valence electrons. The maximum atomic E-state index is 11.7. The minimum Gasteiger partial charge on any atom is -0.504 e. The number of phenolic OH excluding ortho intramolecular Hbond substituents is 2. The van der Waals surface area contributed by atoms with Crippen LogP contribution < -0.4 is 0 Å². The summed E-state index contributed by atoms with van der Waals surface area (Å²) >= 11 is 0. The lowest BCUT2D eigenvalue weighted by molar-refractivity contribution is -0.137. The molecule has 1 aromatic carbocycles. The van der Waals surface area contributed by atoms with Crippen LogP contribution >= 0.6 is 0 Å². The Labute approximate surface area is 92.0 Å². The number of Topliss-reactive ketones (excluding diaryl/α,β-unsaturated/α-hetero) is 1. The largest absolute Gasteiger partial charge is 0.504 e. The van der Waals surface area contributed by atoms with Gasteiger partial charge in [-0.05, 0) is 12.1 Å². The second kappa shape index (κ2) is 4.65. The minimum atomic E-state index is -1.08. The molecule has 16 heavy (non-hydrogen) atoms. The predicted octanol–water partition coefficient (Wildman–Crippen LogP) is 1.39. The van der Waals surface area contributed by atoms with E-state index in [0.29, 0.717) is 0 Å². The summed E-state index contributed by atoms with van der Waals surface area (Å²) in [7, 11) is 0. The number of benzene rings is 1. The van der Waals surface area contributed by atoms with Gasteiger partial charge in [0, 0.05) is 5.92 Å². The van der Waals surface area contributed by atoms with Crippen molar-refractivity contribution in [2.45, 2.75) is 13.3 Å². The van der Waals surface area contributed by atoms with E-state index in [4.69, 9.17) is 5.11 Å². The highest BCUT2D eigenvalue weighted by molar-refractivity contribution is 6.01. The van der Waals surface area contributed by atoms with Gasteiger partial charge in [-0.15, -0.1) is 0 Å². The highest BCUT2D eigenvalue weighted by Crippen LogP contribution is 2.30. The van der Waals surface area contributed by atoms with Crippen LogP contribution in [-0.2, 0) is 4.79 Å². The van der Waals surface area contributed by atoms with Crippen LogP contribution in [0.1, 0.15) is 23.7 Å². The number of aliphatic carboxylic acids is 1. The molecule has 5 nitrogen and oxygen atoms in total. The summed E-state index contributed by atoms with van der Waals surface area (Å²) in [4.78, 5) is 22.2. The van der Waals surface area contributed by atoms with Gasteiger partial charge in [0.05, 0.1) is 12.0 Å². The molecule has 0 aliphatic carbocycles. The summed E-state index contributed by atoms with van der Waals surface area (Å²) in [5.74, 6) is -3.24. The fourth-order valence-corrected chi connectivity index (χ4v) is 1.35. The summed E-state index contributed by atoms with van der Waals surface area (Å²) in [6.07, 6.45) is -0.312. The third-order valence-corrected chi connectivity index (χ3v) is 2.21. The molecule has 0 saturated heterocycles. The van der Waals surface area contributed by atoms with Crippen molar-refractivity contribution < 1.29 is 24.9 Å². The molecule has 5 heteroatoms. The number of ketones is 1.